The first-order chi connectivity index (χ1) is 9.29. The van der Waals surface area contributed by atoms with E-state index >= 15 is 0 Å². The van der Waals surface area contributed by atoms with E-state index in [1.807, 2.05) is 30.3 Å². The number of hydrogen-bond acceptors (Lipinski definition) is 2. The number of halogens is 1. The van der Waals surface area contributed by atoms with Crippen molar-refractivity contribution in [1.29, 1.82) is 0 Å². The van der Waals surface area contributed by atoms with Gasteiger partial charge in [-0.15, -0.1) is 0 Å². The molecule has 0 unspecified atom stereocenters. The second kappa shape index (κ2) is 6.90. The Morgan fingerprint density at radius 3 is 2.74 bits per heavy atom. The summed E-state index contributed by atoms with van der Waals surface area (Å²) in [5, 5.41) is 3.34. The molecule has 3 heteroatoms. The van der Waals surface area contributed by atoms with Crippen molar-refractivity contribution in [3.05, 3.63) is 65.5 Å². The molecule has 0 radical (unpaired) electrons. The summed E-state index contributed by atoms with van der Waals surface area (Å²) in [7, 11) is 1.67. The van der Waals surface area contributed by atoms with Crippen molar-refractivity contribution in [1.82, 2.24) is 5.32 Å². The molecule has 0 heterocycles. The molecule has 1 N–H and O–H groups in total. The summed E-state index contributed by atoms with van der Waals surface area (Å²) in [6.45, 7) is 1.56. The van der Waals surface area contributed by atoms with Crippen LogP contribution in [-0.2, 0) is 13.0 Å². The average Bonchev–Trinajstić information content (AvgIpc) is 2.44. The smallest absolute Gasteiger partial charge is 0.123 e. The Bertz CT molecular complexity index is 528. The predicted molar refractivity (Wildman–Crippen MR) is 74.8 cm³/mol. The van der Waals surface area contributed by atoms with E-state index in [0.29, 0.717) is 0 Å². The molecule has 100 valence electrons. The lowest BCUT2D eigenvalue weighted by Gasteiger charge is -2.09. The Balaban J connectivity index is 1.81. The van der Waals surface area contributed by atoms with Gasteiger partial charge >= 0.3 is 0 Å². The van der Waals surface area contributed by atoms with Crippen molar-refractivity contribution in [2.24, 2.45) is 0 Å². The van der Waals surface area contributed by atoms with Crippen molar-refractivity contribution >= 4 is 0 Å². The number of nitrogens with one attached hydrogen (secondary N) is 1. The number of benzene rings is 2. The quantitative estimate of drug-likeness (QED) is 0.805. The highest BCUT2D eigenvalue weighted by Crippen LogP contribution is 2.16. The minimum absolute atomic E-state index is 0.178. The summed E-state index contributed by atoms with van der Waals surface area (Å²) in [6, 6.07) is 14.6. The van der Waals surface area contributed by atoms with Gasteiger partial charge in [0.05, 0.1) is 7.11 Å². The van der Waals surface area contributed by atoms with Gasteiger partial charge in [-0.3, -0.25) is 0 Å². The van der Waals surface area contributed by atoms with E-state index in [-0.39, 0.29) is 5.82 Å². The lowest BCUT2D eigenvalue weighted by atomic mass is 10.1. The number of methoxy groups -OCH3 is 1. The van der Waals surface area contributed by atoms with E-state index < -0.39 is 0 Å². The van der Waals surface area contributed by atoms with Crippen LogP contribution in [0.15, 0.2) is 48.5 Å². The Hall–Kier alpha value is -1.87. The molecule has 0 aliphatic rings. The van der Waals surface area contributed by atoms with E-state index in [1.165, 1.54) is 6.07 Å². The maximum atomic E-state index is 13.0. The molecule has 2 aromatic carbocycles. The molecular formula is C16H18FNO. The van der Waals surface area contributed by atoms with Crippen molar-refractivity contribution in [3.8, 4) is 5.75 Å². The first-order valence-electron chi connectivity index (χ1n) is 6.36. The average molecular weight is 259 g/mol. The van der Waals surface area contributed by atoms with Crippen LogP contribution in [0.2, 0.25) is 0 Å². The fraction of sp³-hybridized carbons (Fsp3) is 0.250. The van der Waals surface area contributed by atoms with Crippen LogP contribution in [0.5, 0.6) is 5.75 Å². The molecular weight excluding hydrogens is 241 g/mol. The molecule has 19 heavy (non-hydrogen) atoms. The number of para-hydroxylation sites is 1. The molecule has 0 amide bonds. The van der Waals surface area contributed by atoms with E-state index in [2.05, 4.69) is 5.32 Å². The molecule has 0 saturated heterocycles. The van der Waals surface area contributed by atoms with Gasteiger partial charge in [0.1, 0.15) is 11.6 Å². The highest BCUT2D eigenvalue weighted by atomic mass is 19.1. The van der Waals surface area contributed by atoms with Crippen LogP contribution < -0.4 is 10.1 Å². The Morgan fingerprint density at radius 2 is 1.95 bits per heavy atom. The number of rotatable bonds is 6. The zero-order chi connectivity index (χ0) is 13.5. The van der Waals surface area contributed by atoms with E-state index in [0.717, 1.165) is 36.4 Å². The van der Waals surface area contributed by atoms with Crippen molar-refractivity contribution in [3.63, 3.8) is 0 Å². The molecule has 0 aliphatic carbocycles. The van der Waals surface area contributed by atoms with E-state index in [1.54, 1.807) is 19.2 Å². The molecule has 0 saturated carbocycles. The van der Waals surface area contributed by atoms with Crippen LogP contribution in [0.25, 0.3) is 0 Å². The minimum Gasteiger partial charge on any atom is -0.496 e. The summed E-state index contributed by atoms with van der Waals surface area (Å²) in [5.74, 6) is 0.711. The van der Waals surface area contributed by atoms with Crippen molar-refractivity contribution in [2.75, 3.05) is 13.7 Å². The maximum Gasteiger partial charge on any atom is 0.123 e. The zero-order valence-corrected chi connectivity index (χ0v) is 11.0. The van der Waals surface area contributed by atoms with Crippen molar-refractivity contribution in [2.45, 2.75) is 13.0 Å². The topological polar surface area (TPSA) is 21.3 Å². The molecule has 0 fully saturated rings. The monoisotopic (exact) mass is 259 g/mol. The molecule has 2 nitrogen and oxygen atoms in total. The molecule has 2 rings (SSSR count). The third-order valence-corrected chi connectivity index (χ3v) is 2.99. The fourth-order valence-corrected chi connectivity index (χ4v) is 2.00. The summed E-state index contributed by atoms with van der Waals surface area (Å²) < 4.78 is 18.3. The van der Waals surface area contributed by atoms with Gasteiger partial charge in [-0.2, -0.15) is 0 Å². The zero-order valence-electron chi connectivity index (χ0n) is 11.0. The highest BCUT2D eigenvalue weighted by molar-refractivity contribution is 5.33. The first-order valence-corrected chi connectivity index (χ1v) is 6.36. The summed E-state index contributed by atoms with van der Waals surface area (Å²) in [4.78, 5) is 0. The van der Waals surface area contributed by atoms with Gasteiger partial charge in [0.2, 0.25) is 0 Å². The predicted octanol–water partition coefficient (Wildman–Crippen LogP) is 3.17. The van der Waals surface area contributed by atoms with Crippen LogP contribution >= 0.6 is 0 Å². The van der Waals surface area contributed by atoms with Gasteiger partial charge in [0, 0.05) is 12.1 Å². The second-order valence-electron chi connectivity index (χ2n) is 4.37. The third-order valence-electron chi connectivity index (χ3n) is 2.99. The van der Waals surface area contributed by atoms with Crippen LogP contribution in [0.3, 0.4) is 0 Å². The van der Waals surface area contributed by atoms with Gasteiger partial charge in [0.15, 0.2) is 0 Å². The lowest BCUT2D eigenvalue weighted by molar-refractivity contribution is 0.408. The second-order valence-corrected chi connectivity index (χ2v) is 4.37. The third kappa shape index (κ3) is 4.07. The summed E-state index contributed by atoms with van der Waals surface area (Å²) in [6.07, 6.45) is 0.812. The molecule has 0 aliphatic heterocycles. The van der Waals surface area contributed by atoms with Crippen LogP contribution in [-0.4, -0.2) is 13.7 Å². The Labute approximate surface area is 113 Å². The van der Waals surface area contributed by atoms with E-state index in [9.17, 15) is 4.39 Å². The van der Waals surface area contributed by atoms with E-state index in [4.69, 9.17) is 4.74 Å². The van der Waals surface area contributed by atoms with Gasteiger partial charge in [-0.25, -0.2) is 4.39 Å². The number of hydrogen-bond donors (Lipinski definition) is 1. The summed E-state index contributed by atoms with van der Waals surface area (Å²) in [5.41, 5.74) is 2.14. The molecule has 2 aromatic rings. The van der Waals surface area contributed by atoms with Gasteiger partial charge in [-0.1, -0.05) is 30.3 Å². The standard InChI is InChI=1S/C16H18FNO/c1-19-16-8-3-2-6-14(16)12-18-10-9-13-5-4-7-15(17)11-13/h2-8,11,18H,9-10,12H2,1H3. The maximum absolute atomic E-state index is 13.0. The fourth-order valence-electron chi connectivity index (χ4n) is 2.00. The van der Waals surface area contributed by atoms with Crippen LogP contribution in [0.1, 0.15) is 11.1 Å². The first kappa shape index (κ1) is 13.6. The van der Waals surface area contributed by atoms with Gasteiger partial charge < -0.3 is 10.1 Å². The molecule has 0 atom stereocenters. The largest absolute Gasteiger partial charge is 0.496 e. The number of ether oxygens (including phenoxy) is 1. The Morgan fingerprint density at radius 1 is 1.11 bits per heavy atom. The highest BCUT2D eigenvalue weighted by Gasteiger charge is 2.01. The lowest BCUT2D eigenvalue weighted by Crippen LogP contribution is -2.17. The van der Waals surface area contributed by atoms with Crippen molar-refractivity contribution < 1.29 is 9.13 Å². The Kier molecular flexibility index (Phi) is 4.93. The van der Waals surface area contributed by atoms with Gasteiger partial charge in [0.25, 0.3) is 0 Å². The molecule has 0 bridgehead atoms. The molecule has 0 aromatic heterocycles. The minimum atomic E-state index is -0.178. The summed E-state index contributed by atoms with van der Waals surface area (Å²) >= 11 is 0. The van der Waals surface area contributed by atoms with Crippen LogP contribution in [0.4, 0.5) is 4.39 Å². The van der Waals surface area contributed by atoms with Gasteiger partial charge in [-0.05, 0) is 36.7 Å². The van der Waals surface area contributed by atoms with Crippen LogP contribution in [0, 0.1) is 5.82 Å². The SMILES string of the molecule is COc1ccccc1CNCCc1cccc(F)c1. The molecule has 0 spiro atoms. The normalized spacial score (nSPS) is 10.4.